The Morgan fingerprint density at radius 3 is 2.17 bits per heavy atom. The fourth-order valence-electron chi connectivity index (χ4n) is 3.90. The highest BCUT2D eigenvalue weighted by Crippen LogP contribution is 2.24. The molecule has 3 aromatic rings. The summed E-state index contributed by atoms with van der Waals surface area (Å²) in [6.07, 6.45) is 3.50. The van der Waals surface area contributed by atoms with Gasteiger partial charge in [-0.15, -0.1) is 0 Å². The van der Waals surface area contributed by atoms with Crippen LogP contribution in [0.3, 0.4) is 0 Å². The largest absolute Gasteiger partial charge is 0.478 e. The fraction of sp³-hybridized carbons (Fsp3) is 0.241. The second-order valence-electron chi connectivity index (χ2n) is 9.12. The maximum absolute atomic E-state index is 12.8. The lowest BCUT2D eigenvalue weighted by Gasteiger charge is -2.35. The molecule has 0 bridgehead atoms. The summed E-state index contributed by atoms with van der Waals surface area (Å²) in [7, 11) is 0. The van der Waals surface area contributed by atoms with E-state index in [-0.39, 0.29) is 11.8 Å². The Morgan fingerprint density at radius 1 is 0.889 bits per heavy atom. The monoisotopic (exact) mass is 547 g/mol. The molecule has 1 N–H and O–H groups in total. The Labute approximate surface area is 220 Å². The first-order valence-electron chi connectivity index (χ1n) is 11.9. The zero-order valence-electron chi connectivity index (χ0n) is 20.5. The number of hydrogen-bond donors (Lipinski definition) is 1. The number of benzene rings is 3. The third-order valence-electron chi connectivity index (χ3n) is 6.03. The zero-order valence-corrected chi connectivity index (χ0v) is 22.1. The van der Waals surface area contributed by atoms with E-state index in [1.807, 2.05) is 89.8 Å². The Kier molecular flexibility index (Phi) is 8.10. The van der Waals surface area contributed by atoms with Crippen molar-refractivity contribution in [2.75, 3.05) is 36.4 Å². The second-order valence-corrected chi connectivity index (χ2v) is 10.0. The molecule has 3 aromatic carbocycles. The molecule has 1 fully saturated rings. The van der Waals surface area contributed by atoms with Gasteiger partial charge < -0.3 is 19.9 Å². The van der Waals surface area contributed by atoms with Crippen molar-refractivity contribution in [2.24, 2.45) is 0 Å². The third-order valence-corrected chi connectivity index (χ3v) is 6.56. The fourth-order valence-corrected chi connectivity index (χ4v) is 4.17. The zero-order chi connectivity index (χ0) is 25.5. The standard InChI is InChI=1S/C29H30BrN3O3/c1-29(2,36-26-15-9-23(30)10-16-26)28(35)31-24-11-13-25(14-12-24)32-18-20-33(21-19-32)27(34)17-8-22-6-4-3-5-7-22/h3-17H,18-21H2,1-2H3,(H,31,35)/b17-8+. The van der Waals surface area contributed by atoms with E-state index < -0.39 is 5.60 Å². The summed E-state index contributed by atoms with van der Waals surface area (Å²) in [4.78, 5) is 29.5. The number of carbonyl (C=O) groups is 2. The predicted octanol–water partition coefficient (Wildman–Crippen LogP) is 5.61. The van der Waals surface area contributed by atoms with Crippen LogP contribution in [0.25, 0.3) is 6.08 Å². The van der Waals surface area contributed by atoms with E-state index in [9.17, 15) is 9.59 Å². The van der Waals surface area contributed by atoms with Crippen molar-refractivity contribution in [3.8, 4) is 5.75 Å². The molecule has 1 saturated heterocycles. The lowest BCUT2D eigenvalue weighted by molar-refractivity contribution is -0.128. The van der Waals surface area contributed by atoms with Gasteiger partial charge in [-0.1, -0.05) is 46.3 Å². The number of amides is 2. The molecule has 7 heteroatoms. The molecule has 36 heavy (non-hydrogen) atoms. The van der Waals surface area contributed by atoms with Crippen LogP contribution in [0.4, 0.5) is 11.4 Å². The quantitative estimate of drug-likeness (QED) is 0.390. The normalized spacial score (nSPS) is 14.1. The molecule has 0 unspecified atom stereocenters. The van der Waals surface area contributed by atoms with Crippen molar-refractivity contribution >= 4 is 45.2 Å². The molecule has 1 heterocycles. The van der Waals surface area contributed by atoms with Gasteiger partial charge in [-0.3, -0.25) is 9.59 Å². The van der Waals surface area contributed by atoms with Crippen LogP contribution in [0, 0.1) is 0 Å². The van der Waals surface area contributed by atoms with Crippen molar-refractivity contribution in [3.05, 3.63) is 95.0 Å². The summed E-state index contributed by atoms with van der Waals surface area (Å²) >= 11 is 3.40. The highest BCUT2D eigenvalue weighted by Gasteiger charge is 2.30. The second kappa shape index (κ2) is 11.4. The summed E-state index contributed by atoms with van der Waals surface area (Å²) in [6, 6.07) is 25.0. The Hall–Kier alpha value is -3.58. The molecular weight excluding hydrogens is 518 g/mol. The van der Waals surface area contributed by atoms with Gasteiger partial charge in [0.2, 0.25) is 5.91 Å². The third kappa shape index (κ3) is 6.76. The van der Waals surface area contributed by atoms with Gasteiger partial charge in [-0.2, -0.15) is 0 Å². The Balaban J connectivity index is 1.28. The SMILES string of the molecule is CC(C)(Oc1ccc(Br)cc1)C(=O)Nc1ccc(N2CCN(C(=O)/C=C/c3ccccc3)CC2)cc1. The van der Waals surface area contributed by atoms with Crippen molar-refractivity contribution in [1.82, 2.24) is 4.90 Å². The number of rotatable bonds is 7. The average molecular weight is 548 g/mol. The van der Waals surface area contributed by atoms with Crippen LogP contribution in [0.2, 0.25) is 0 Å². The van der Waals surface area contributed by atoms with Crippen LogP contribution in [-0.4, -0.2) is 48.5 Å². The number of halogens is 1. The molecule has 0 radical (unpaired) electrons. The van der Waals surface area contributed by atoms with E-state index in [4.69, 9.17) is 4.74 Å². The van der Waals surface area contributed by atoms with E-state index >= 15 is 0 Å². The number of nitrogens with zero attached hydrogens (tertiary/aromatic N) is 2. The van der Waals surface area contributed by atoms with Crippen LogP contribution in [-0.2, 0) is 9.59 Å². The molecule has 0 aromatic heterocycles. The highest BCUT2D eigenvalue weighted by atomic mass is 79.9. The number of carbonyl (C=O) groups excluding carboxylic acids is 2. The van der Waals surface area contributed by atoms with Crippen molar-refractivity contribution in [3.63, 3.8) is 0 Å². The maximum atomic E-state index is 12.8. The molecule has 2 amide bonds. The van der Waals surface area contributed by atoms with Gasteiger partial charge in [0.25, 0.3) is 5.91 Å². The molecule has 0 spiro atoms. The molecular formula is C29H30BrN3O3. The molecule has 0 aliphatic carbocycles. The smallest absolute Gasteiger partial charge is 0.267 e. The Morgan fingerprint density at radius 2 is 1.53 bits per heavy atom. The summed E-state index contributed by atoms with van der Waals surface area (Å²) in [5.74, 6) is 0.431. The van der Waals surface area contributed by atoms with Crippen LogP contribution in [0.1, 0.15) is 19.4 Å². The van der Waals surface area contributed by atoms with Crippen molar-refractivity contribution in [2.45, 2.75) is 19.4 Å². The minimum atomic E-state index is -1.04. The molecule has 0 saturated carbocycles. The summed E-state index contributed by atoms with van der Waals surface area (Å²) in [5.41, 5.74) is 1.74. The lowest BCUT2D eigenvalue weighted by atomic mass is 10.1. The van der Waals surface area contributed by atoms with Crippen LogP contribution in [0.5, 0.6) is 5.75 Å². The van der Waals surface area contributed by atoms with E-state index in [1.165, 1.54) is 0 Å². The van der Waals surface area contributed by atoms with Gasteiger partial charge in [-0.25, -0.2) is 0 Å². The number of hydrogen-bond acceptors (Lipinski definition) is 4. The average Bonchev–Trinajstić information content (AvgIpc) is 2.89. The van der Waals surface area contributed by atoms with Crippen molar-refractivity contribution in [1.29, 1.82) is 0 Å². The first-order valence-corrected chi connectivity index (χ1v) is 12.7. The maximum Gasteiger partial charge on any atom is 0.267 e. The summed E-state index contributed by atoms with van der Waals surface area (Å²) in [6.45, 7) is 6.33. The first kappa shape index (κ1) is 25.5. The van der Waals surface area contributed by atoms with E-state index in [0.29, 0.717) is 24.5 Å². The Bertz CT molecular complexity index is 1200. The molecule has 1 aliphatic rings. The number of piperazine rings is 1. The van der Waals surface area contributed by atoms with Crippen molar-refractivity contribution < 1.29 is 14.3 Å². The minimum Gasteiger partial charge on any atom is -0.478 e. The predicted molar refractivity (Wildman–Crippen MR) is 148 cm³/mol. The van der Waals surface area contributed by atoms with Gasteiger partial charge in [0.05, 0.1) is 0 Å². The van der Waals surface area contributed by atoms with E-state index in [0.717, 1.165) is 28.8 Å². The van der Waals surface area contributed by atoms with Gasteiger partial charge >= 0.3 is 0 Å². The van der Waals surface area contributed by atoms with Gasteiger partial charge in [0, 0.05) is 48.1 Å². The molecule has 186 valence electrons. The van der Waals surface area contributed by atoms with Gasteiger partial charge in [0.1, 0.15) is 5.75 Å². The minimum absolute atomic E-state index is 0.0320. The molecule has 1 aliphatic heterocycles. The first-order chi connectivity index (χ1) is 17.3. The van der Waals surface area contributed by atoms with Crippen LogP contribution >= 0.6 is 15.9 Å². The number of anilines is 2. The highest BCUT2D eigenvalue weighted by molar-refractivity contribution is 9.10. The lowest BCUT2D eigenvalue weighted by Crippen LogP contribution is -2.48. The topological polar surface area (TPSA) is 61.9 Å². The van der Waals surface area contributed by atoms with E-state index in [1.54, 1.807) is 19.9 Å². The number of ether oxygens (including phenoxy) is 1. The van der Waals surface area contributed by atoms with Crippen LogP contribution < -0.4 is 15.0 Å². The van der Waals surface area contributed by atoms with Gasteiger partial charge in [-0.05, 0) is 74.0 Å². The number of nitrogens with one attached hydrogen (secondary N) is 1. The summed E-state index contributed by atoms with van der Waals surface area (Å²) < 4.78 is 6.85. The molecule has 0 atom stereocenters. The van der Waals surface area contributed by atoms with Crippen LogP contribution in [0.15, 0.2) is 89.4 Å². The van der Waals surface area contributed by atoms with E-state index in [2.05, 4.69) is 26.1 Å². The van der Waals surface area contributed by atoms with Gasteiger partial charge in [0.15, 0.2) is 5.60 Å². The molecule has 6 nitrogen and oxygen atoms in total. The molecule has 4 rings (SSSR count). The summed E-state index contributed by atoms with van der Waals surface area (Å²) in [5, 5.41) is 2.94.